The van der Waals surface area contributed by atoms with E-state index in [-0.39, 0.29) is 5.91 Å². The van der Waals surface area contributed by atoms with Crippen molar-refractivity contribution in [1.29, 1.82) is 0 Å². The topological polar surface area (TPSA) is 29.5 Å². The van der Waals surface area contributed by atoms with Crippen LogP contribution in [0.4, 0.5) is 0 Å². The molecule has 0 radical (unpaired) electrons. The molecule has 1 heterocycles. The van der Waals surface area contributed by atoms with E-state index in [0.717, 1.165) is 25.9 Å². The number of nitrogens with zero attached hydrogens (tertiary/aromatic N) is 1. The molecule has 108 valence electrons. The molecule has 0 aromatic rings. The van der Waals surface area contributed by atoms with Gasteiger partial charge in [-0.3, -0.25) is 4.79 Å². The lowest BCUT2D eigenvalue weighted by atomic mass is 10.0. The number of rotatable bonds is 3. The second kappa shape index (κ2) is 6.74. The van der Waals surface area contributed by atoms with Crippen LogP contribution in [0.3, 0.4) is 0 Å². The van der Waals surface area contributed by atoms with Crippen LogP contribution in [0, 0.1) is 5.92 Å². The van der Waals surface area contributed by atoms with E-state index in [1.807, 2.05) is 23.1 Å². The van der Waals surface area contributed by atoms with Crippen LogP contribution in [0.15, 0.2) is 41.2 Å². The number of likely N-dealkylation sites (tertiary alicyclic amines) is 1. The highest BCUT2D eigenvalue weighted by atomic mass is 16.5. The summed E-state index contributed by atoms with van der Waals surface area (Å²) < 4.78 is 5.34. The van der Waals surface area contributed by atoms with Gasteiger partial charge in [0.25, 0.3) is 5.91 Å². The van der Waals surface area contributed by atoms with Crippen molar-refractivity contribution in [1.82, 2.24) is 4.90 Å². The Labute approximate surface area is 121 Å². The molecule has 3 heteroatoms. The summed E-state index contributed by atoms with van der Waals surface area (Å²) >= 11 is 0. The number of carbonyl (C=O) groups excluding carboxylic acids is 1. The maximum Gasteiger partial charge on any atom is 0.254 e. The van der Waals surface area contributed by atoms with Crippen LogP contribution in [-0.2, 0) is 9.53 Å². The fraction of sp³-hybridized carbons (Fsp3) is 0.529. The number of ether oxygens (including phenoxy) is 1. The molecule has 0 unspecified atom stereocenters. The maximum absolute atomic E-state index is 12.5. The van der Waals surface area contributed by atoms with Crippen LogP contribution < -0.4 is 0 Å². The van der Waals surface area contributed by atoms with E-state index < -0.39 is 0 Å². The fourth-order valence-corrected chi connectivity index (χ4v) is 2.48. The summed E-state index contributed by atoms with van der Waals surface area (Å²) in [5.74, 6) is 0.542. The van der Waals surface area contributed by atoms with Gasteiger partial charge in [0.2, 0.25) is 0 Å². The van der Waals surface area contributed by atoms with Gasteiger partial charge in [-0.15, -0.1) is 5.73 Å². The molecule has 0 aromatic heterocycles. The molecule has 0 aromatic carbocycles. The van der Waals surface area contributed by atoms with Crippen molar-refractivity contribution in [2.24, 2.45) is 5.92 Å². The molecule has 0 spiro atoms. The highest BCUT2D eigenvalue weighted by Gasteiger charge is 2.23. The Hall–Kier alpha value is -1.57. The lowest BCUT2D eigenvalue weighted by Gasteiger charge is -2.31. The third-order valence-corrected chi connectivity index (χ3v) is 3.92. The molecule has 0 bridgehead atoms. The highest BCUT2D eigenvalue weighted by Crippen LogP contribution is 2.18. The molecular weight excluding hydrogens is 250 g/mol. The summed E-state index contributed by atoms with van der Waals surface area (Å²) in [7, 11) is 1.74. The molecule has 1 saturated heterocycles. The molecular formula is C17H23NO2. The SMILES string of the molecule is COC1CCN(C(=O)C2=CC=C(C(C)C)C=C=C2)CC1. The first-order valence-electron chi connectivity index (χ1n) is 7.28. The Morgan fingerprint density at radius 2 is 2.00 bits per heavy atom. The van der Waals surface area contributed by atoms with E-state index in [1.54, 1.807) is 13.2 Å². The quantitative estimate of drug-likeness (QED) is 0.740. The summed E-state index contributed by atoms with van der Waals surface area (Å²) in [4.78, 5) is 14.4. The molecule has 3 nitrogen and oxygen atoms in total. The van der Waals surface area contributed by atoms with Crippen LogP contribution in [0.1, 0.15) is 26.7 Å². The number of carbonyl (C=O) groups is 1. The second-order valence-electron chi connectivity index (χ2n) is 5.63. The standard InChI is InChI=1S/C17H23NO2/c1-13(2)14-5-4-6-15(8-7-14)17(19)18-11-9-16(20-3)10-12-18/h5-8,13,16H,9-12H2,1-3H3. The number of methoxy groups -OCH3 is 1. The van der Waals surface area contributed by atoms with Gasteiger partial charge < -0.3 is 9.64 Å². The van der Waals surface area contributed by atoms with E-state index in [0.29, 0.717) is 17.6 Å². The molecule has 2 aliphatic rings. The predicted octanol–water partition coefficient (Wildman–Crippen LogP) is 2.86. The van der Waals surface area contributed by atoms with Crippen molar-refractivity contribution in [3.8, 4) is 0 Å². The van der Waals surface area contributed by atoms with Crippen LogP contribution in [0.25, 0.3) is 0 Å². The maximum atomic E-state index is 12.5. The molecule has 0 N–H and O–H groups in total. The minimum atomic E-state index is 0.0988. The number of allylic oxidation sites excluding steroid dienone is 3. The van der Waals surface area contributed by atoms with Gasteiger partial charge in [0.1, 0.15) is 0 Å². The van der Waals surface area contributed by atoms with Gasteiger partial charge in [-0.05, 0) is 42.6 Å². The monoisotopic (exact) mass is 273 g/mol. The average molecular weight is 273 g/mol. The number of hydrogen-bond acceptors (Lipinski definition) is 2. The van der Waals surface area contributed by atoms with Crippen molar-refractivity contribution in [3.05, 3.63) is 41.2 Å². The Balaban J connectivity index is 2.05. The largest absolute Gasteiger partial charge is 0.381 e. The molecule has 1 aliphatic carbocycles. The van der Waals surface area contributed by atoms with E-state index in [2.05, 4.69) is 19.6 Å². The van der Waals surface area contributed by atoms with Crippen LogP contribution in [0.2, 0.25) is 0 Å². The summed E-state index contributed by atoms with van der Waals surface area (Å²) in [6, 6.07) is 0. The first-order chi connectivity index (χ1) is 9.61. The van der Waals surface area contributed by atoms with Crippen molar-refractivity contribution in [2.75, 3.05) is 20.2 Å². The average Bonchev–Trinajstić information content (AvgIpc) is 2.72. The van der Waals surface area contributed by atoms with Gasteiger partial charge in [-0.1, -0.05) is 19.9 Å². The normalized spacial score (nSPS) is 19.9. The molecule has 1 fully saturated rings. The van der Waals surface area contributed by atoms with Crippen molar-refractivity contribution in [3.63, 3.8) is 0 Å². The zero-order chi connectivity index (χ0) is 14.5. The van der Waals surface area contributed by atoms with Crippen molar-refractivity contribution >= 4 is 5.91 Å². The number of amides is 1. The van der Waals surface area contributed by atoms with Crippen LogP contribution in [-0.4, -0.2) is 37.1 Å². The predicted molar refractivity (Wildman–Crippen MR) is 80.3 cm³/mol. The molecule has 0 atom stereocenters. The Bertz CT molecular complexity index is 485. The lowest BCUT2D eigenvalue weighted by molar-refractivity contribution is -0.129. The number of piperidine rings is 1. The highest BCUT2D eigenvalue weighted by molar-refractivity contribution is 5.96. The minimum Gasteiger partial charge on any atom is -0.381 e. The summed E-state index contributed by atoms with van der Waals surface area (Å²) in [6.45, 7) is 5.82. The minimum absolute atomic E-state index is 0.0988. The fourth-order valence-electron chi connectivity index (χ4n) is 2.48. The summed E-state index contributed by atoms with van der Waals surface area (Å²) in [5.41, 5.74) is 5.02. The molecule has 20 heavy (non-hydrogen) atoms. The Kier molecular flexibility index (Phi) is 4.99. The van der Waals surface area contributed by atoms with E-state index in [9.17, 15) is 4.79 Å². The molecule has 1 amide bonds. The van der Waals surface area contributed by atoms with E-state index in [4.69, 9.17) is 4.74 Å². The zero-order valence-electron chi connectivity index (χ0n) is 12.6. The molecule has 1 aliphatic heterocycles. The first-order valence-corrected chi connectivity index (χ1v) is 7.28. The summed E-state index contributed by atoms with van der Waals surface area (Å²) in [5, 5.41) is 0. The van der Waals surface area contributed by atoms with Crippen LogP contribution >= 0.6 is 0 Å². The third kappa shape index (κ3) is 3.50. The van der Waals surface area contributed by atoms with Gasteiger partial charge in [0.15, 0.2) is 0 Å². The van der Waals surface area contributed by atoms with Gasteiger partial charge >= 0.3 is 0 Å². The lowest BCUT2D eigenvalue weighted by Crippen LogP contribution is -2.41. The number of hydrogen-bond donors (Lipinski definition) is 0. The Morgan fingerprint density at radius 1 is 1.30 bits per heavy atom. The smallest absolute Gasteiger partial charge is 0.254 e. The van der Waals surface area contributed by atoms with E-state index >= 15 is 0 Å². The van der Waals surface area contributed by atoms with Gasteiger partial charge in [-0.2, -0.15) is 0 Å². The second-order valence-corrected chi connectivity index (χ2v) is 5.63. The molecule has 0 saturated carbocycles. The third-order valence-electron chi connectivity index (χ3n) is 3.92. The van der Waals surface area contributed by atoms with Crippen molar-refractivity contribution in [2.45, 2.75) is 32.8 Å². The van der Waals surface area contributed by atoms with Gasteiger partial charge in [0.05, 0.1) is 6.10 Å². The van der Waals surface area contributed by atoms with Gasteiger partial charge in [0, 0.05) is 25.8 Å². The Morgan fingerprint density at radius 3 is 2.60 bits per heavy atom. The van der Waals surface area contributed by atoms with Gasteiger partial charge in [-0.25, -0.2) is 0 Å². The van der Waals surface area contributed by atoms with E-state index in [1.165, 1.54) is 5.57 Å². The summed E-state index contributed by atoms with van der Waals surface area (Å²) in [6.07, 6.45) is 9.82. The molecule has 2 rings (SSSR count). The van der Waals surface area contributed by atoms with Crippen LogP contribution in [0.5, 0.6) is 0 Å². The first kappa shape index (κ1) is 14.8. The zero-order valence-corrected chi connectivity index (χ0v) is 12.6. The van der Waals surface area contributed by atoms with Crippen molar-refractivity contribution < 1.29 is 9.53 Å².